The molecule has 0 radical (unpaired) electrons. The number of hydrogen-bond donors (Lipinski definition) is 3. The molecule has 0 amide bonds. The van der Waals surface area contributed by atoms with Crippen LogP contribution in [-0.2, 0) is 11.3 Å². The van der Waals surface area contributed by atoms with E-state index in [9.17, 15) is 14.4 Å². The summed E-state index contributed by atoms with van der Waals surface area (Å²) in [6.45, 7) is -0.528. The Bertz CT molecular complexity index is 1050. The fourth-order valence-corrected chi connectivity index (χ4v) is 2.47. The van der Waals surface area contributed by atoms with Crippen LogP contribution in [0.4, 0.5) is 0 Å². The first-order valence-electron chi connectivity index (χ1n) is 6.01. The van der Waals surface area contributed by atoms with Crippen molar-refractivity contribution in [2.75, 3.05) is 0 Å². The summed E-state index contributed by atoms with van der Waals surface area (Å²) in [5.74, 6) is -1.20. The molecule has 23 heavy (non-hydrogen) atoms. The summed E-state index contributed by atoms with van der Waals surface area (Å²) < 4.78 is 0.975. The van der Waals surface area contributed by atoms with Crippen LogP contribution in [0.5, 0.6) is 0 Å². The van der Waals surface area contributed by atoms with Crippen molar-refractivity contribution in [2.45, 2.75) is 6.54 Å². The average Bonchev–Trinajstić information content (AvgIpc) is 2.90. The lowest BCUT2D eigenvalue weighted by molar-refractivity contribution is -0.137. The van der Waals surface area contributed by atoms with Gasteiger partial charge in [-0.25, -0.2) is 4.68 Å². The van der Waals surface area contributed by atoms with Gasteiger partial charge >= 0.3 is 17.1 Å². The molecule has 10 nitrogen and oxygen atoms in total. The number of tetrazole rings is 1. The van der Waals surface area contributed by atoms with Gasteiger partial charge in [0.05, 0.1) is 26.6 Å². The van der Waals surface area contributed by atoms with Gasteiger partial charge < -0.3 is 15.1 Å². The Balaban J connectivity index is 2.41. The molecule has 0 bridgehead atoms. The minimum atomic E-state index is -1.18. The van der Waals surface area contributed by atoms with Crippen LogP contribution in [-0.4, -0.2) is 41.3 Å². The summed E-state index contributed by atoms with van der Waals surface area (Å²) in [6.07, 6.45) is 0. The van der Waals surface area contributed by atoms with Crippen LogP contribution >= 0.6 is 23.2 Å². The second-order valence-corrected chi connectivity index (χ2v) is 5.22. The molecule has 2 heterocycles. The van der Waals surface area contributed by atoms with E-state index in [1.54, 1.807) is 0 Å². The van der Waals surface area contributed by atoms with Gasteiger partial charge in [0.25, 0.3) is 0 Å². The van der Waals surface area contributed by atoms with Crippen molar-refractivity contribution in [1.82, 2.24) is 30.2 Å². The summed E-state index contributed by atoms with van der Waals surface area (Å²) in [5, 5.41) is 19.7. The molecule has 0 fully saturated rings. The number of carbonyl (C=O) groups is 1. The minimum absolute atomic E-state index is 0.00306. The van der Waals surface area contributed by atoms with E-state index in [4.69, 9.17) is 28.3 Å². The number of nitrogens with zero attached hydrogens (tertiary/aromatic N) is 4. The number of fused-ring (bicyclic) bond motifs is 1. The van der Waals surface area contributed by atoms with Gasteiger partial charge in [-0.1, -0.05) is 23.2 Å². The predicted molar refractivity (Wildman–Crippen MR) is 79.7 cm³/mol. The second kappa shape index (κ2) is 5.48. The molecule has 12 heteroatoms. The number of aromatic nitrogens is 6. The van der Waals surface area contributed by atoms with Crippen molar-refractivity contribution >= 4 is 40.2 Å². The van der Waals surface area contributed by atoms with Gasteiger partial charge in [0.2, 0.25) is 0 Å². The van der Waals surface area contributed by atoms with Gasteiger partial charge in [-0.3, -0.25) is 14.4 Å². The smallest absolute Gasteiger partial charge is 0.325 e. The number of hydrogen-bond acceptors (Lipinski definition) is 6. The lowest BCUT2D eigenvalue weighted by Gasteiger charge is -2.09. The van der Waals surface area contributed by atoms with Crippen molar-refractivity contribution in [3.63, 3.8) is 0 Å². The van der Waals surface area contributed by atoms with E-state index < -0.39 is 23.6 Å². The normalized spacial score (nSPS) is 11.0. The number of aromatic amines is 2. The number of rotatable bonds is 3. The molecule has 0 aliphatic rings. The Labute approximate surface area is 135 Å². The topological polar surface area (TPSA) is 147 Å². The van der Waals surface area contributed by atoms with Gasteiger partial charge in [-0.05, 0) is 16.5 Å². The van der Waals surface area contributed by atoms with Crippen molar-refractivity contribution in [2.24, 2.45) is 0 Å². The van der Waals surface area contributed by atoms with E-state index in [2.05, 4.69) is 25.5 Å². The fourth-order valence-electron chi connectivity index (χ4n) is 2.03. The van der Waals surface area contributed by atoms with Crippen molar-refractivity contribution < 1.29 is 9.90 Å². The van der Waals surface area contributed by atoms with Crippen molar-refractivity contribution in [1.29, 1.82) is 0 Å². The molecule has 0 aliphatic heterocycles. The van der Waals surface area contributed by atoms with Crippen molar-refractivity contribution in [3.8, 4) is 11.4 Å². The molecule has 0 unspecified atom stereocenters. The van der Waals surface area contributed by atoms with Crippen molar-refractivity contribution in [3.05, 3.63) is 36.8 Å². The van der Waals surface area contributed by atoms with E-state index in [0.717, 1.165) is 4.68 Å². The number of halogens is 2. The predicted octanol–water partition coefficient (Wildman–Crippen LogP) is 0.261. The van der Waals surface area contributed by atoms with Gasteiger partial charge in [0.15, 0.2) is 5.82 Å². The van der Waals surface area contributed by atoms with E-state index in [-0.39, 0.29) is 32.5 Å². The zero-order chi connectivity index (χ0) is 16.7. The number of carboxylic acid groups (broad SMARTS) is 1. The first-order valence-corrected chi connectivity index (χ1v) is 6.76. The number of H-pyrrole nitrogens is 2. The molecule has 0 saturated carbocycles. The van der Waals surface area contributed by atoms with Gasteiger partial charge in [0.1, 0.15) is 6.54 Å². The molecule has 0 spiro atoms. The number of carboxylic acids is 1. The maximum Gasteiger partial charge on any atom is 0.325 e. The molecule has 3 N–H and O–H groups in total. The Morgan fingerprint density at radius 3 is 2.65 bits per heavy atom. The lowest BCUT2D eigenvalue weighted by Crippen LogP contribution is -2.29. The van der Waals surface area contributed by atoms with E-state index in [1.807, 2.05) is 0 Å². The lowest BCUT2D eigenvalue weighted by atomic mass is 10.1. The number of nitrogens with one attached hydrogen (secondary N) is 2. The van der Waals surface area contributed by atoms with Gasteiger partial charge in [0, 0.05) is 0 Å². The molecular weight excluding hydrogens is 351 g/mol. The Hall–Kier alpha value is -2.72. The first kappa shape index (κ1) is 15.2. The highest BCUT2D eigenvalue weighted by atomic mass is 35.5. The van der Waals surface area contributed by atoms with E-state index >= 15 is 0 Å². The molecule has 1 aromatic carbocycles. The highest BCUT2D eigenvalue weighted by Crippen LogP contribution is 2.36. The summed E-state index contributed by atoms with van der Waals surface area (Å²) in [5.41, 5.74) is -1.34. The largest absolute Gasteiger partial charge is 0.480 e. The molecule has 3 rings (SSSR count). The highest BCUT2D eigenvalue weighted by Gasteiger charge is 2.21. The minimum Gasteiger partial charge on any atom is -0.480 e. The number of benzene rings is 1. The molecule has 0 saturated heterocycles. The molecular formula is C11H6Cl2N6O4. The standard InChI is InChI=1S/C11H6Cl2N6O4/c12-3-1-4-8(15-11(23)10(22)14-4)6(7(3)13)9-16-17-18-19(9)2-5(20)21/h1H,2H2,(H,14,22)(H,15,23)(H,20,21). The highest BCUT2D eigenvalue weighted by molar-refractivity contribution is 6.45. The Morgan fingerprint density at radius 1 is 1.26 bits per heavy atom. The van der Waals surface area contributed by atoms with Crippen LogP contribution in [0.1, 0.15) is 0 Å². The second-order valence-electron chi connectivity index (χ2n) is 4.43. The fraction of sp³-hybridized carbons (Fsp3) is 0.0909. The van der Waals surface area contributed by atoms with Crippen LogP contribution in [0, 0.1) is 0 Å². The number of aliphatic carboxylic acids is 1. The van der Waals surface area contributed by atoms with Crippen LogP contribution in [0.3, 0.4) is 0 Å². The van der Waals surface area contributed by atoms with Crippen LogP contribution in [0.25, 0.3) is 22.4 Å². The van der Waals surface area contributed by atoms with Crippen LogP contribution in [0.15, 0.2) is 15.7 Å². The van der Waals surface area contributed by atoms with Gasteiger partial charge in [-0.2, -0.15) is 0 Å². The third-order valence-corrected chi connectivity index (χ3v) is 3.74. The summed E-state index contributed by atoms with van der Waals surface area (Å²) >= 11 is 12.2. The Morgan fingerprint density at radius 2 is 1.96 bits per heavy atom. The molecule has 2 aromatic heterocycles. The summed E-state index contributed by atoms with van der Waals surface area (Å²) in [4.78, 5) is 38.6. The molecule has 0 atom stereocenters. The SMILES string of the molecule is O=C(O)Cn1nnnc1-c1c(Cl)c(Cl)cc2[nH]c(=O)c(=O)[nH]c12. The summed E-state index contributed by atoms with van der Waals surface area (Å²) in [7, 11) is 0. The summed E-state index contributed by atoms with van der Waals surface area (Å²) in [6, 6.07) is 1.35. The van der Waals surface area contributed by atoms with E-state index in [0.29, 0.717) is 0 Å². The average molecular weight is 357 g/mol. The maximum atomic E-state index is 11.6. The molecule has 3 aromatic rings. The zero-order valence-electron chi connectivity index (χ0n) is 11.0. The Kier molecular flexibility index (Phi) is 3.62. The van der Waals surface area contributed by atoms with E-state index in [1.165, 1.54) is 6.07 Å². The molecule has 118 valence electrons. The maximum absolute atomic E-state index is 11.6. The third-order valence-electron chi connectivity index (χ3n) is 2.95. The third kappa shape index (κ3) is 2.58. The molecule has 0 aliphatic carbocycles. The van der Waals surface area contributed by atoms with Gasteiger partial charge in [-0.15, -0.1) is 5.10 Å². The van der Waals surface area contributed by atoms with Crippen LogP contribution < -0.4 is 11.1 Å². The monoisotopic (exact) mass is 356 g/mol. The first-order chi connectivity index (χ1) is 10.9. The quantitative estimate of drug-likeness (QED) is 0.570. The zero-order valence-corrected chi connectivity index (χ0v) is 12.5. The van der Waals surface area contributed by atoms with Crippen LogP contribution in [0.2, 0.25) is 10.0 Å².